The number of benzene rings is 1. The highest BCUT2D eigenvalue weighted by Gasteiger charge is 2.21. The van der Waals surface area contributed by atoms with Crippen LogP contribution in [-0.2, 0) is 0 Å². The van der Waals surface area contributed by atoms with Crippen molar-refractivity contribution < 1.29 is 8.78 Å². The third-order valence-electron chi connectivity index (χ3n) is 3.96. The normalized spacial score (nSPS) is 12.7. The molecule has 4 nitrogen and oxygen atoms in total. The smallest absolute Gasteiger partial charge is 0.264 e. The summed E-state index contributed by atoms with van der Waals surface area (Å²) in [4.78, 5) is 19.1. The van der Waals surface area contributed by atoms with E-state index in [0.29, 0.717) is 5.69 Å². The molecule has 3 rings (SSSR count). The second-order valence-electron chi connectivity index (χ2n) is 5.57. The number of aryl methyl sites for hydroxylation is 1. The molecule has 1 aromatic carbocycles. The maximum atomic E-state index is 13.4. The summed E-state index contributed by atoms with van der Waals surface area (Å²) in [5.74, 6) is 0. The molecule has 0 spiro atoms. The Morgan fingerprint density at radius 2 is 1.92 bits per heavy atom. The Hall–Kier alpha value is -2.41. The number of hydrogen-bond donors (Lipinski definition) is 1. The zero-order chi connectivity index (χ0) is 17.4. The van der Waals surface area contributed by atoms with Crippen LogP contribution in [0.1, 0.15) is 36.2 Å². The van der Waals surface area contributed by atoms with Crippen molar-refractivity contribution in [2.75, 3.05) is 0 Å². The average Bonchev–Trinajstić information content (AvgIpc) is 2.54. The first-order valence-electron chi connectivity index (χ1n) is 7.39. The van der Waals surface area contributed by atoms with Gasteiger partial charge >= 0.3 is 0 Å². The molecule has 0 saturated carbocycles. The number of rotatable bonds is 3. The lowest BCUT2D eigenvalue weighted by atomic mass is 10.1. The fourth-order valence-electron chi connectivity index (χ4n) is 2.82. The monoisotopic (exact) mass is 347 g/mol. The van der Waals surface area contributed by atoms with Crippen LogP contribution in [0.3, 0.4) is 0 Å². The number of pyridine rings is 1. The van der Waals surface area contributed by atoms with Crippen LogP contribution in [-0.4, -0.2) is 14.5 Å². The van der Waals surface area contributed by atoms with Gasteiger partial charge in [-0.05, 0) is 37.7 Å². The SMILES string of the molecule is Cc1cc(C(F)F)c2c(=O)[nH]c(=S)n(C(C)c3ccccc3)c2n1. The molecule has 24 heavy (non-hydrogen) atoms. The van der Waals surface area contributed by atoms with Crippen LogP contribution in [0.15, 0.2) is 41.2 Å². The van der Waals surface area contributed by atoms with Gasteiger partial charge in [-0.3, -0.25) is 14.3 Å². The Labute approximate surface area is 141 Å². The molecule has 0 fully saturated rings. The minimum Gasteiger partial charge on any atom is -0.298 e. The first-order chi connectivity index (χ1) is 11.4. The van der Waals surface area contributed by atoms with Crippen molar-refractivity contribution in [3.63, 3.8) is 0 Å². The molecule has 1 unspecified atom stereocenters. The molecule has 2 aromatic heterocycles. The van der Waals surface area contributed by atoms with Crippen LogP contribution in [0.25, 0.3) is 11.0 Å². The Balaban J connectivity index is 2.41. The number of fused-ring (bicyclic) bond motifs is 1. The van der Waals surface area contributed by atoms with E-state index in [1.165, 1.54) is 6.07 Å². The topological polar surface area (TPSA) is 50.7 Å². The largest absolute Gasteiger partial charge is 0.298 e. The number of alkyl halides is 2. The standard InChI is InChI=1S/C17H15F2N3OS/c1-9-8-12(14(18)19)13-15(20-9)22(17(24)21-16(13)23)10(2)11-6-4-3-5-7-11/h3-8,10,14H,1-2H3,(H,21,23,24). The fraction of sp³-hybridized carbons (Fsp3) is 0.235. The highest BCUT2D eigenvalue weighted by atomic mass is 32.1. The van der Waals surface area contributed by atoms with Crippen LogP contribution < -0.4 is 5.56 Å². The van der Waals surface area contributed by atoms with E-state index >= 15 is 0 Å². The van der Waals surface area contributed by atoms with Crippen LogP contribution in [0.4, 0.5) is 8.78 Å². The number of hydrogen-bond acceptors (Lipinski definition) is 3. The summed E-state index contributed by atoms with van der Waals surface area (Å²) in [5, 5.41) is -0.119. The molecule has 1 atom stereocenters. The van der Waals surface area contributed by atoms with Gasteiger partial charge in [0.15, 0.2) is 4.77 Å². The Bertz CT molecular complexity index is 1010. The number of nitrogens with one attached hydrogen (secondary N) is 1. The van der Waals surface area contributed by atoms with Crippen LogP contribution in [0.5, 0.6) is 0 Å². The minimum absolute atomic E-state index is 0.119. The van der Waals surface area contributed by atoms with Gasteiger partial charge in [0.2, 0.25) is 0 Å². The van der Waals surface area contributed by atoms with Crippen LogP contribution in [0.2, 0.25) is 0 Å². The quantitative estimate of drug-likeness (QED) is 0.718. The number of aromatic amines is 1. The second-order valence-corrected chi connectivity index (χ2v) is 5.95. The third kappa shape index (κ3) is 2.75. The Morgan fingerprint density at radius 1 is 1.25 bits per heavy atom. The number of halogens is 2. The zero-order valence-electron chi connectivity index (χ0n) is 13.1. The molecule has 0 saturated heterocycles. The molecule has 3 aromatic rings. The number of nitrogens with zero attached hydrogens (tertiary/aromatic N) is 2. The first-order valence-corrected chi connectivity index (χ1v) is 7.80. The summed E-state index contributed by atoms with van der Waals surface area (Å²) in [6, 6.07) is 10.4. The van der Waals surface area contributed by atoms with E-state index in [2.05, 4.69) is 9.97 Å². The van der Waals surface area contributed by atoms with E-state index in [1.54, 1.807) is 11.5 Å². The average molecular weight is 347 g/mol. The van der Waals surface area contributed by atoms with Gasteiger partial charge in [0, 0.05) is 11.3 Å². The highest BCUT2D eigenvalue weighted by Crippen LogP contribution is 2.28. The molecule has 0 bridgehead atoms. The molecule has 0 aliphatic carbocycles. The molecule has 0 aliphatic rings. The highest BCUT2D eigenvalue weighted by molar-refractivity contribution is 7.71. The van der Waals surface area contributed by atoms with Crippen molar-refractivity contribution in [2.24, 2.45) is 0 Å². The van der Waals surface area contributed by atoms with E-state index in [-0.39, 0.29) is 27.4 Å². The predicted octanol–water partition coefficient (Wildman–Crippen LogP) is 4.31. The second kappa shape index (κ2) is 6.24. The third-order valence-corrected chi connectivity index (χ3v) is 4.26. The van der Waals surface area contributed by atoms with Gasteiger partial charge in [-0.15, -0.1) is 0 Å². The van der Waals surface area contributed by atoms with Crippen molar-refractivity contribution >= 4 is 23.3 Å². The van der Waals surface area contributed by atoms with Gasteiger partial charge in [0.05, 0.1) is 11.4 Å². The van der Waals surface area contributed by atoms with Crippen molar-refractivity contribution in [1.29, 1.82) is 0 Å². The van der Waals surface area contributed by atoms with Gasteiger partial charge in [0.25, 0.3) is 12.0 Å². The number of aromatic nitrogens is 3. The first kappa shape index (κ1) is 16.4. The fourth-order valence-corrected chi connectivity index (χ4v) is 3.15. The lowest BCUT2D eigenvalue weighted by Crippen LogP contribution is -2.20. The summed E-state index contributed by atoms with van der Waals surface area (Å²) in [7, 11) is 0. The molecular formula is C17H15F2N3OS. The van der Waals surface area contributed by atoms with Gasteiger partial charge < -0.3 is 0 Å². The summed E-state index contributed by atoms with van der Waals surface area (Å²) >= 11 is 5.28. The molecule has 0 radical (unpaired) electrons. The van der Waals surface area contributed by atoms with Crippen molar-refractivity contribution in [3.8, 4) is 0 Å². The maximum absolute atomic E-state index is 13.4. The van der Waals surface area contributed by atoms with Gasteiger partial charge in [-0.1, -0.05) is 30.3 Å². The van der Waals surface area contributed by atoms with Gasteiger partial charge in [-0.2, -0.15) is 0 Å². The Morgan fingerprint density at radius 3 is 2.54 bits per heavy atom. The van der Waals surface area contributed by atoms with Crippen molar-refractivity contribution in [1.82, 2.24) is 14.5 Å². The van der Waals surface area contributed by atoms with E-state index in [1.807, 2.05) is 37.3 Å². The van der Waals surface area contributed by atoms with Crippen LogP contribution in [0, 0.1) is 11.7 Å². The maximum Gasteiger partial charge on any atom is 0.264 e. The predicted molar refractivity (Wildman–Crippen MR) is 91.1 cm³/mol. The zero-order valence-corrected chi connectivity index (χ0v) is 13.9. The lowest BCUT2D eigenvalue weighted by Gasteiger charge is -2.19. The van der Waals surface area contributed by atoms with Gasteiger partial charge in [-0.25, -0.2) is 13.8 Å². The van der Waals surface area contributed by atoms with Crippen molar-refractivity contribution in [2.45, 2.75) is 26.3 Å². The molecule has 1 N–H and O–H groups in total. The minimum atomic E-state index is -2.77. The molecule has 0 amide bonds. The Kier molecular flexibility index (Phi) is 4.28. The van der Waals surface area contributed by atoms with E-state index in [0.717, 1.165) is 5.56 Å². The van der Waals surface area contributed by atoms with E-state index < -0.39 is 12.0 Å². The summed E-state index contributed by atoms with van der Waals surface area (Å²) in [6.07, 6.45) is -2.77. The van der Waals surface area contributed by atoms with Crippen molar-refractivity contribution in [3.05, 3.63) is 68.3 Å². The summed E-state index contributed by atoms with van der Waals surface area (Å²) < 4.78 is 28.6. The van der Waals surface area contributed by atoms with E-state index in [9.17, 15) is 13.6 Å². The molecule has 2 heterocycles. The number of H-pyrrole nitrogens is 1. The summed E-state index contributed by atoms with van der Waals surface area (Å²) in [5.41, 5.74) is 0.545. The molecular weight excluding hydrogens is 332 g/mol. The van der Waals surface area contributed by atoms with Crippen LogP contribution >= 0.6 is 12.2 Å². The molecule has 7 heteroatoms. The van der Waals surface area contributed by atoms with Gasteiger partial charge in [0.1, 0.15) is 5.65 Å². The van der Waals surface area contributed by atoms with E-state index in [4.69, 9.17) is 12.2 Å². The summed E-state index contributed by atoms with van der Waals surface area (Å²) in [6.45, 7) is 3.50. The molecule has 0 aliphatic heterocycles. The lowest BCUT2D eigenvalue weighted by molar-refractivity contribution is 0.153. The molecule has 124 valence electrons.